The largest absolute Gasteiger partial charge is 0.384 e. The second-order valence-electron chi connectivity index (χ2n) is 5.22. The van der Waals surface area contributed by atoms with E-state index in [9.17, 15) is 4.79 Å². The smallest absolute Gasteiger partial charge is 0.274 e. The first-order valence-electron chi connectivity index (χ1n) is 6.18. The molecule has 2 atom stereocenters. The molecule has 1 aromatic rings. The Hall–Kier alpha value is -1.29. The van der Waals surface area contributed by atoms with Gasteiger partial charge in [0, 0.05) is 13.1 Å². The van der Waals surface area contributed by atoms with Crippen molar-refractivity contribution in [2.24, 2.45) is 11.8 Å². The van der Waals surface area contributed by atoms with E-state index < -0.39 is 0 Å². The zero-order valence-corrected chi connectivity index (χ0v) is 11.4. The third-order valence-corrected chi connectivity index (χ3v) is 3.53. The van der Waals surface area contributed by atoms with Crippen LogP contribution in [0.25, 0.3) is 0 Å². The molecule has 18 heavy (non-hydrogen) atoms. The second-order valence-corrected chi connectivity index (χ2v) is 5.63. The van der Waals surface area contributed by atoms with E-state index in [1.165, 1.54) is 0 Å². The van der Waals surface area contributed by atoms with Gasteiger partial charge >= 0.3 is 0 Å². The van der Waals surface area contributed by atoms with Gasteiger partial charge in [0.2, 0.25) is 0 Å². The van der Waals surface area contributed by atoms with Crippen LogP contribution in [0.15, 0.2) is 12.1 Å². The number of pyridine rings is 1. The summed E-state index contributed by atoms with van der Waals surface area (Å²) < 4.78 is 0. The lowest BCUT2D eigenvalue weighted by Crippen LogP contribution is -2.43. The number of hydrogen-bond acceptors (Lipinski definition) is 3. The monoisotopic (exact) mass is 267 g/mol. The summed E-state index contributed by atoms with van der Waals surface area (Å²) in [5.41, 5.74) is 5.87. The molecule has 1 fully saturated rings. The van der Waals surface area contributed by atoms with Gasteiger partial charge in [0.05, 0.1) is 5.02 Å². The molecule has 0 spiro atoms. The number of nitrogens with zero attached hydrogens (tertiary/aromatic N) is 2. The van der Waals surface area contributed by atoms with Crippen LogP contribution in [0.4, 0.5) is 5.82 Å². The highest BCUT2D eigenvalue weighted by atomic mass is 35.5. The molecule has 2 unspecified atom stereocenters. The molecule has 0 radical (unpaired) electrons. The first-order chi connectivity index (χ1) is 8.47. The van der Waals surface area contributed by atoms with Gasteiger partial charge in [-0.25, -0.2) is 4.98 Å². The van der Waals surface area contributed by atoms with E-state index in [4.69, 9.17) is 17.3 Å². The second kappa shape index (κ2) is 5.14. The maximum absolute atomic E-state index is 12.4. The summed E-state index contributed by atoms with van der Waals surface area (Å²) in [5, 5.41) is 0.361. The quantitative estimate of drug-likeness (QED) is 0.850. The van der Waals surface area contributed by atoms with Crippen molar-refractivity contribution in [2.75, 3.05) is 18.8 Å². The van der Waals surface area contributed by atoms with Crippen molar-refractivity contribution in [3.63, 3.8) is 0 Å². The van der Waals surface area contributed by atoms with E-state index in [-0.39, 0.29) is 11.6 Å². The summed E-state index contributed by atoms with van der Waals surface area (Å²) in [5.74, 6) is 1.22. The Kier molecular flexibility index (Phi) is 3.76. The number of hydrogen-bond donors (Lipinski definition) is 1. The lowest BCUT2D eigenvalue weighted by atomic mass is 9.92. The van der Waals surface area contributed by atoms with Gasteiger partial charge < -0.3 is 10.6 Å². The molecule has 0 saturated carbocycles. The van der Waals surface area contributed by atoms with Crippen molar-refractivity contribution >= 4 is 23.3 Å². The molecule has 1 amide bonds. The van der Waals surface area contributed by atoms with Crippen LogP contribution < -0.4 is 5.73 Å². The van der Waals surface area contributed by atoms with Crippen LogP contribution in [0.1, 0.15) is 30.8 Å². The zero-order valence-electron chi connectivity index (χ0n) is 10.7. The third kappa shape index (κ3) is 2.75. The van der Waals surface area contributed by atoms with Crippen molar-refractivity contribution in [2.45, 2.75) is 20.3 Å². The SMILES string of the molecule is CC1CC(C)CN(C(=O)c2nc(N)ccc2Cl)C1. The number of anilines is 1. The van der Waals surface area contributed by atoms with E-state index in [2.05, 4.69) is 18.8 Å². The number of carbonyl (C=O) groups excluding carboxylic acids is 1. The molecule has 5 heteroatoms. The van der Waals surface area contributed by atoms with Crippen LogP contribution in [-0.4, -0.2) is 28.9 Å². The molecule has 1 saturated heterocycles. The van der Waals surface area contributed by atoms with Crippen molar-refractivity contribution in [3.05, 3.63) is 22.8 Å². The van der Waals surface area contributed by atoms with Crippen LogP contribution >= 0.6 is 11.6 Å². The Morgan fingerprint density at radius 2 is 2.00 bits per heavy atom. The van der Waals surface area contributed by atoms with Gasteiger partial charge in [0.25, 0.3) is 5.91 Å². The number of likely N-dealkylation sites (tertiary alicyclic amines) is 1. The Morgan fingerprint density at radius 3 is 2.61 bits per heavy atom. The van der Waals surface area contributed by atoms with Gasteiger partial charge in [-0.2, -0.15) is 0 Å². The molecular formula is C13H18ClN3O. The van der Waals surface area contributed by atoms with Crippen LogP contribution in [0.2, 0.25) is 5.02 Å². The third-order valence-electron chi connectivity index (χ3n) is 3.23. The number of rotatable bonds is 1. The lowest BCUT2D eigenvalue weighted by molar-refractivity contribution is 0.0617. The minimum Gasteiger partial charge on any atom is -0.384 e. The van der Waals surface area contributed by atoms with Crippen molar-refractivity contribution < 1.29 is 4.79 Å². The molecule has 2 rings (SSSR count). The zero-order chi connectivity index (χ0) is 13.3. The predicted octanol–water partition coefficient (Wildman–Crippen LogP) is 2.44. The first-order valence-corrected chi connectivity index (χ1v) is 6.56. The average molecular weight is 268 g/mol. The molecular weight excluding hydrogens is 250 g/mol. The summed E-state index contributed by atoms with van der Waals surface area (Å²) >= 11 is 6.02. The van der Waals surface area contributed by atoms with Gasteiger partial charge in [0.1, 0.15) is 11.5 Å². The Balaban J connectivity index is 2.22. The summed E-state index contributed by atoms with van der Waals surface area (Å²) in [4.78, 5) is 18.3. The van der Waals surface area contributed by atoms with Gasteiger partial charge in [-0.1, -0.05) is 25.4 Å². The molecule has 0 bridgehead atoms. The van der Waals surface area contributed by atoms with Crippen molar-refractivity contribution in [3.8, 4) is 0 Å². The van der Waals surface area contributed by atoms with E-state index in [1.807, 2.05) is 4.90 Å². The van der Waals surface area contributed by atoms with E-state index in [0.29, 0.717) is 22.7 Å². The number of aromatic nitrogens is 1. The maximum Gasteiger partial charge on any atom is 0.274 e. The summed E-state index contributed by atoms with van der Waals surface area (Å²) in [7, 11) is 0. The number of nitrogen functional groups attached to an aromatic ring is 1. The van der Waals surface area contributed by atoms with Gasteiger partial charge in [-0.3, -0.25) is 4.79 Å². The molecule has 4 nitrogen and oxygen atoms in total. The standard InChI is InChI=1S/C13H18ClN3O/c1-8-5-9(2)7-17(6-8)13(18)12-10(14)3-4-11(15)16-12/h3-4,8-9H,5-7H2,1-2H3,(H2,15,16). The topological polar surface area (TPSA) is 59.2 Å². The van der Waals surface area contributed by atoms with Crippen molar-refractivity contribution in [1.29, 1.82) is 0 Å². The molecule has 1 aromatic heterocycles. The summed E-state index contributed by atoms with van der Waals surface area (Å²) in [6.07, 6.45) is 1.15. The fourth-order valence-electron chi connectivity index (χ4n) is 2.59. The summed E-state index contributed by atoms with van der Waals surface area (Å²) in [6.45, 7) is 5.83. The van der Waals surface area contributed by atoms with Crippen molar-refractivity contribution in [1.82, 2.24) is 9.88 Å². The maximum atomic E-state index is 12.4. The Morgan fingerprint density at radius 1 is 1.39 bits per heavy atom. The molecule has 1 aliphatic rings. The molecule has 0 aliphatic carbocycles. The number of piperidine rings is 1. The number of amides is 1. The number of halogens is 1. The minimum absolute atomic E-state index is 0.120. The molecule has 0 aromatic carbocycles. The van der Waals surface area contributed by atoms with Gasteiger partial charge in [-0.15, -0.1) is 0 Å². The fraction of sp³-hybridized carbons (Fsp3) is 0.538. The molecule has 1 aliphatic heterocycles. The Bertz CT molecular complexity index is 454. The number of carbonyl (C=O) groups is 1. The minimum atomic E-state index is -0.120. The Labute approximate surface area is 112 Å². The highest BCUT2D eigenvalue weighted by Crippen LogP contribution is 2.24. The average Bonchev–Trinajstić information content (AvgIpc) is 2.30. The van der Waals surface area contributed by atoms with E-state index >= 15 is 0 Å². The normalized spacial score (nSPS) is 24.1. The molecule has 2 heterocycles. The molecule has 98 valence electrons. The summed E-state index contributed by atoms with van der Waals surface area (Å²) in [6, 6.07) is 3.22. The van der Waals surface area contributed by atoms with Crippen LogP contribution in [0, 0.1) is 11.8 Å². The van der Waals surface area contributed by atoms with Crippen LogP contribution in [0.5, 0.6) is 0 Å². The molecule has 2 N–H and O–H groups in total. The fourth-order valence-corrected chi connectivity index (χ4v) is 2.77. The van der Waals surface area contributed by atoms with Crippen LogP contribution in [-0.2, 0) is 0 Å². The van der Waals surface area contributed by atoms with E-state index in [0.717, 1.165) is 19.5 Å². The van der Waals surface area contributed by atoms with Gasteiger partial charge in [0.15, 0.2) is 0 Å². The number of nitrogens with two attached hydrogens (primary N) is 1. The highest BCUT2D eigenvalue weighted by molar-refractivity contribution is 6.33. The lowest BCUT2D eigenvalue weighted by Gasteiger charge is -2.34. The highest BCUT2D eigenvalue weighted by Gasteiger charge is 2.28. The van der Waals surface area contributed by atoms with Gasteiger partial charge in [-0.05, 0) is 30.4 Å². The van der Waals surface area contributed by atoms with E-state index in [1.54, 1.807) is 12.1 Å². The first kappa shape index (κ1) is 13.1. The van der Waals surface area contributed by atoms with Crippen LogP contribution in [0.3, 0.4) is 0 Å². The predicted molar refractivity (Wildman–Crippen MR) is 72.5 cm³/mol.